The Labute approximate surface area is 330 Å². The molecule has 0 spiro atoms. The summed E-state index contributed by atoms with van der Waals surface area (Å²) in [4.78, 5) is 44.0. The molecule has 5 rings (SSSR count). The van der Waals surface area contributed by atoms with E-state index in [0.717, 1.165) is 0 Å². The zero-order chi connectivity index (χ0) is 42.5. The van der Waals surface area contributed by atoms with Gasteiger partial charge in [-0.1, -0.05) is 45.9 Å². The van der Waals surface area contributed by atoms with Crippen molar-refractivity contribution >= 4 is 45.8 Å². The van der Waals surface area contributed by atoms with Gasteiger partial charge in [-0.25, -0.2) is 4.99 Å². The molecule has 9 atom stereocenters. The molecule has 9 unspecified atom stereocenters. The monoisotopic (exact) mass is 795 g/mol. The van der Waals surface area contributed by atoms with E-state index in [2.05, 4.69) is 20.5 Å². The number of hydrogen-bond donors (Lipinski definition) is 7. The molecule has 17 nitrogen and oxygen atoms in total. The number of carbonyl (C=O) groups excluding carboxylic acids is 3. The number of ketones is 1. The first kappa shape index (κ1) is 44.4. The van der Waals surface area contributed by atoms with Crippen LogP contribution < -0.4 is 15.8 Å². The maximum absolute atomic E-state index is 14.4. The fraction of sp³-hybridized carbons (Fsp3) is 0.500. The lowest BCUT2D eigenvalue weighted by molar-refractivity contribution is -0.160. The molecule has 2 aromatic carbocycles. The quantitative estimate of drug-likeness (QED) is 0.0727. The zero-order valence-corrected chi connectivity index (χ0v) is 33.5. The van der Waals surface area contributed by atoms with Gasteiger partial charge >= 0.3 is 11.8 Å². The van der Waals surface area contributed by atoms with Crippen LogP contribution in [-0.2, 0) is 23.8 Å². The Morgan fingerprint density at radius 2 is 1.70 bits per heavy atom. The van der Waals surface area contributed by atoms with Gasteiger partial charge in [0.15, 0.2) is 5.75 Å². The summed E-state index contributed by atoms with van der Waals surface area (Å²) < 4.78 is 23.5. The summed E-state index contributed by atoms with van der Waals surface area (Å²) in [5.74, 6) is -8.00. The van der Waals surface area contributed by atoms with Gasteiger partial charge in [0.05, 0.1) is 60.1 Å². The van der Waals surface area contributed by atoms with E-state index in [4.69, 9.17) is 29.8 Å². The average Bonchev–Trinajstić information content (AvgIpc) is 3.44. The van der Waals surface area contributed by atoms with Gasteiger partial charge in [-0.15, -0.1) is 10.2 Å². The maximum Gasteiger partial charge on any atom is 0.312 e. The number of methoxy groups -OCH3 is 1. The van der Waals surface area contributed by atoms with Gasteiger partial charge in [0.25, 0.3) is 11.7 Å². The topological polar surface area (TPSA) is 264 Å². The molecule has 0 fully saturated rings. The van der Waals surface area contributed by atoms with Crippen LogP contribution >= 0.6 is 0 Å². The van der Waals surface area contributed by atoms with E-state index in [1.807, 2.05) is 0 Å². The average molecular weight is 796 g/mol. The van der Waals surface area contributed by atoms with E-state index in [-0.39, 0.29) is 63.7 Å². The summed E-state index contributed by atoms with van der Waals surface area (Å²) in [7, 11) is 1.43. The van der Waals surface area contributed by atoms with Crippen molar-refractivity contribution in [1.29, 1.82) is 0 Å². The number of nitrogens with one attached hydrogen (secondary N) is 1. The van der Waals surface area contributed by atoms with E-state index < -0.39 is 83.0 Å². The first-order valence-electron chi connectivity index (χ1n) is 18.5. The Morgan fingerprint density at radius 1 is 1.02 bits per heavy atom. The number of aliphatic hydroxyl groups is 3. The van der Waals surface area contributed by atoms with Crippen molar-refractivity contribution < 1.29 is 58.9 Å². The van der Waals surface area contributed by atoms with Crippen LogP contribution in [0.4, 0.5) is 11.4 Å². The fourth-order valence-electron chi connectivity index (χ4n) is 7.03. The standard InChI is InChI=1S/C40H53N5O12/c1-18-11-10-12-19(2)38(53)43-26-17-25(44-45-39(41)42-14-15-46)28-29(34(26)51)33(50)23(6)36-30(28)37(52)40(8,57-36)55-16-13-27(54-9)20(3)35(56-24(7)47)22(5)32(49)21(4)31(18)48/h10-13,16-18,20-22,27,31-32,35,46,48-51H,14-15H2,1-9H3,(H2,41,42)(H,43,53). The Bertz CT molecular complexity index is 2030. The lowest BCUT2D eigenvalue weighted by Gasteiger charge is -2.38. The predicted molar refractivity (Wildman–Crippen MR) is 210 cm³/mol. The lowest BCUT2D eigenvalue weighted by Crippen LogP contribution is -2.46. The molecule has 57 heavy (non-hydrogen) atoms. The van der Waals surface area contributed by atoms with E-state index in [9.17, 15) is 34.8 Å². The van der Waals surface area contributed by atoms with Gasteiger partial charge in [0.1, 0.15) is 17.6 Å². The van der Waals surface area contributed by atoms with Crippen LogP contribution in [0.5, 0.6) is 17.2 Å². The number of benzene rings is 2. The SMILES string of the molecule is COC1C=COC2(C)Oc3c(C)c(O)c4c(O)c(cc(N=NC(N)=NCCO)c4c3C2=O)NC(=O)C(C)=CC=CC(C)C(O)C(C)C(O)C(C)C(OC(C)=O)C1C. The molecule has 3 aliphatic rings. The Morgan fingerprint density at radius 3 is 2.33 bits per heavy atom. The van der Waals surface area contributed by atoms with Crippen molar-refractivity contribution in [2.24, 2.45) is 44.6 Å². The molecule has 5 bridgehead atoms. The van der Waals surface area contributed by atoms with Crippen LogP contribution in [0.1, 0.15) is 64.4 Å². The number of Topliss-reactive ketones (excluding diaryl/α,β-unsaturated/α-hetero) is 1. The minimum absolute atomic E-state index is 0.0604. The van der Waals surface area contributed by atoms with Gasteiger partial charge in [0.2, 0.25) is 5.96 Å². The smallest absolute Gasteiger partial charge is 0.312 e. The molecule has 3 heterocycles. The van der Waals surface area contributed by atoms with Gasteiger partial charge in [-0.2, -0.15) is 0 Å². The molecule has 8 N–H and O–H groups in total. The number of rotatable bonds is 5. The van der Waals surface area contributed by atoms with Crippen LogP contribution in [0.15, 0.2) is 57.4 Å². The molecule has 310 valence electrons. The number of guanidine groups is 1. The number of phenols is 2. The molecule has 0 aliphatic carbocycles. The summed E-state index contributed by atoms with van der Waals surface area (Å²) in [6.07, 6.45) is 3.50. The Balaban J connectivity index is 1.96. The second kappa shape index (κ2) is 18.3. The van der Waals surface area contributed by atoms with Crippen molar-refractivity contribution in [3.05, 3.63) is 53.3 Å². The molecule has 0 saturated carbocycles. The third kappa shape index (κ3) is 9.28. The molecular weight excluding hydrogens is 742 g/mol. The predicted octanol–water partition coefficient (Wildman–Crippen LogP) is 4.44. The van der Waals surface area contributed by atoms with E-state index >= 15 is 0 Å². The van der Waals surface area contributed by atoms with E-state index in [1.54, 1.807) is 39.8 Å². The minimum atomic E-state index is -2.03. The number of nitrogens with zero attached hydrogens (tertiary/aromatic N) is 3. The van der Waals surface area contributed by atoms with Crippen molar-refractivity contribution in [1.82, 2.24) is 0 Å². The molecule has 3 aliphatic heterocycles. The number of fused-ring (bicyclic) bond motifs is 14. The fourth-order valence-corrected chi connectivity index (χ4v) is 7.03. The number of anilines is 1. The van der Waals surface area contributed by atoms with Crippen LogP contribution in [0.3, 0.4) is 0 Å². The zero-order valence-electron chi connectivity index (χ0n) is 33.5. The number of aliphatic imine (C=N–C) groups is 1. The van der Waals surface area contributed by atoms with Gasteiger partial charge in [-0.3, -0.25) is 14.4 Å². The first-order chi connectivity index (χ1) is 26.8. The van der Waals surface area contributed by atoms with Gasteiger partial charge in [-0.05, 0) is 26.0 Å². The van der Waals surface area contributed by atoms with Crippen LogP contribution in [0, 0.1) is 30.6 Å². The highest BCUT2D eigenvalue weighted by molar-refractivity contribution is 6.22. The Hall–Kier alpha value is -5.36. The summed E-state index contributed by atoms with van der Waals surface area (Å²) in [5.41, 5.74) is 5.65. The van der Waals surface area contributed by atoms with Crippen LogP contribution in [-0.4, -0.2) is 99.6 Å². The summed E-state index contributed by atoms with van der Waals surface area (Å²) in [6, 6.07) is 1.23. The largest absolute Gasteiger partial charge is 0.507 e. The van der Waals surface area contributed by atoms with Gasteiger partial charge in [0, 0.05) is 61.2 Å². The number of aliphatic hydroxyl groups excluding tert-OH is 3. The maximum atomic E-state index is 14.4. The number of ether oxygens (including phenoxy) is 4. The second-order valence-corrected chi connectivity index (χ2v) is 14.6. The van der Waals surface area contributed by atoms with Crippen LogP contribution in [0.2, 0.25) is 0 Å². The first-order valence-corrected chi connectivity index (χ1v) is 18.5. The third-order valence-electron chi connectivity index (χ3n) is 10.5. The lowest BCUT2D eigenvalue weighted by atomic mass is 9.78. The van der Waals surface area contributed by atoms with Crippen molar-refractivity contribution in [2.75, 3.05) is 25.6 Å². The van der Waals surface area contributed by atoms with Gasteiger partial charge < -0.3 is 55.5 Å². The number of allylic oxidation sites excluding steroid dienone is 2. The summed E-state index contributed by atoms with van der Waals surface area (Å²) >= 11 is 0. The van der Waals surface area contributed by atoms with Crippen molar-refractivity contribution in [3.63, 3.8) is 0 Å². The highest BCUT2D eigenvalue weighted by Crippen LogP contribution is 2.54. The van der Waals surface area contributed by atoms with E-state index in [1.165, 1.54) is 59.3 Å². The summed E-state index contributed by atoms with van der Waals surface area (Å²) in [6.45, 7) is 12.1. The van der Waals surface area contributed by atoms with Crippen LogP contribution in [0.25, 0.3) is 10.8 Å². The number of nitrogens with two attached hydrogens (primary N) is 1. The second-order valence-electron chi connectivity index (χ2n) is 14.6. The highest BCUT2D eigenvalue weighted by Gasteiger charge is 2.49. The minimum Gasteiger partial charge on any atom is -0.507 e. The molecule has 0 aromatic heterocycles. The van der Waals surface area contributed by atoms with E-state index in [0.29, 0.717) is 0 Å². The number of amides is 1. The Kier molecular flexibility index (Phi) is 14.2. The molecule has 0 radical (unpaired) electrons. The number of azo groups is 1. The number of phenolic OH excluding ortho intramolecular Hbond substituents is 2. The van der Waals surface area contributed by atoms with Crippen molar-refractivity contribution in [3.8, 4) is 17.2 Å². The molecule has 1 amide bonds. The molecular formula is C40H53N5O12. The normalized spacial score (nSPS) is 29.1. The number of esters is 1. The number of aromatic hydroxyl groups is 2. The van der Waals surface area contributed by atoms with Crippen molar-refractivity contribution in [2.45, 2.75) is 85.6 Å². The third-order valence-corrected chi connectivity index (χ3v) is 10.5. The molecule has 17 heteroatoms. The summed E-state index contributed by atoms with van der Waals surface area (Å²) in [5, 5.41) is 65.3. The number of hydrogen-bond acceptors (Lipinski definition) is 14. The number of carbonyl (C=O) groups is 3. The highest BCUT2D eigenvalue weighted by atomic mass is 16.7. The molecule has 2 aromatic rings. The molecule has 0 saturated heterocycles.